The maximum absolute atomic E-state index is 8.74. The Morgan fingerprint density at radius 1 is 0.375 bits per heavy atom. The van der Waals surface area contributed by atoms with Crippen molar-refractivity contribution in [1.82, 2.24) is 6.15 Å². The SMILES string of the molecule is N.O.O.O.O.O.O.O.O.O.O.O.O.O=S(=O)(O)O.O=S(=O)(O)O.[Fe]. The van der Waals surface area contributed by atoms with E-state index in [0.717, 1.165) is 0 Å². The average Bonchev–Trinajstić information content (AvgIpc) is 1.12. The van der Waals surface area contributed by atoms with Crippen LogP contribution in [-0.2, 0) is 37.9 Å². The van der Waals surface area contributed by atoms with Gasteiger partial charge in [0.1, 0.15) is 0 Å². The zero-order valence-electron chi connectivity index (χ0n) is 11.3. The van der Waals surface area contributed by atoms with E-state index in [4.69, 9.17) is 35.0 Å². The van der Waals surface area contributed by atoms with Crippen LogP contribution in [0, 0.1) is 0 Å². The van der Waals surface area contributed by atoms with Gasteiger partial charge in [0, 0.05) is 17.1 Å². The second-order valence-corrected chi connectivity index (χ2v) is 2.69. The summed E-state index contributed by atoms with van der Waals surface area (Å²) in [6.45, 7) is 0. The molecule has 0 aromatic carbocycles. The first-order valence-electron chi connectivity index (χ1n) is 1.40. The molecule has 0 bridgehead atoms. The average molecular weight is 485 g/mol. The zero-order valence-corrected chi connectivity index (χ0v) is 14.0. The second-order valence-electron chi connectivity index (χ2n) is 0.896. The van der Waals surface area contributed by atoms with Gasteiger partial charge in [-0.3, -0.25) is 18.2 Å². The topological polar surface area (TPSA) is 562 Å². The summed E-state index contributed by atoms with van der Waals surface area (Å²) in [5, 5.41) is 0. The molecule has 31 N–H and O–H groups in total. The van der Waals surface area contributed by atoms with Gasteiger partial charge in [0.15, 0.2) is 0 Å². The van der Waals surface area contributed by atoms with Crippen molar-refractivity contribution in [3.63, 3.8) is 0 Å². The molecule has 0 aromatic rings. The van der Waals surface area contributed by atoms with E-state index in [1.165, 1.54) is 0 Å². The Kier molecular flexibility index (Phi) is 666. The van der Waals surface area contributed by atoms with Crippen LogP contribution in [0.25, 0.3) is 0 Å². The van der Waals surface area contributed by atoms with Crippen molar-refractivity contribution < 1.29 is 118 Å². The van der Waals surface area contributed by atoms with Gasteiger partial charge in [0.05, 0.1) is 0 Å². The first-order valence-corrected chi connectivity index (χ1v) is 4.19. The van der Waals surface area contributed by atoms with Crippen molar-refractivity contribution in [2.24, 2.45) is 0 Å². The molecule has 0 heterocycles. The number of rotatable bonds is 0. The van der Waals surface area contributed by atoms with Crippen LogP contribution in [0.2, 0.25) is 0 Å². The molecule has 0 saturated heterocycles. The van der Waals surface area contributed by atoms with Gasteiger partial charge in [0.25, 0.3) is 0 Å². The van der Waals surface area contributed by atoms with Gasteiger partial charge in [-0.05, 0) is 0 Å². The minimum atomic E-state index is -4.67. The minimum Gasteiger partial charge on any atom is -0.412 e. The van der Waals surface area contributed by atoms with Gasteiger partial charge in [-0.15, -0.1) is 0 Å². The summed E-state index contributed by atoms with van der Waals surface area (Å²) in [7, 11) is -9.33. The summed E-state index contributed by atoms with van der Waals surface area (Å²) in [5.74, 6) is 0. The summed E-state index contributed by atoms with van der Waals surface area (Å²) in [4.78, 5) is 0. The van der Waals surface area contributed by atoms with Gasteiger partial charge >= 0.3 is 20.8 Å². The Hall–Kier alpha value is -0.261. The zero-order chi connectivity index (χ0) is 9.00. The summed E-state index contributed by atoms with van der Waals surface area (Å²) >= 11 is 0. The van der Waals surface area contributed by atoms with E-state index in [0.29, 0.717) is 0 Å². The van der Waals surface area contributed by atoms with E-state index in [1.54, 1.807) is 0 Å². The van der Waals surface area contributed by atoms with Gasteiger partial charge in [-0.2, -0.15) is 16.8 Å². The standard InChI is InChI=1S/Fe.H3N.2H2O4S.12H2O/c;;2*1-5(2,3)4;;;;;;;;;;;;/h;1H3;2*(H2,1,2,3,4);12*1H2. The molecule has 24 heavy (non-hydrogen) atoms. The third-order valence-electron chi connectivity index (χ3n) is 0. The molecule has 0 aliphatic carbocycles. The quantitative estimate of drug-likeness (QED) is 0.160. The molecule has 24 heteroatoms. The van der Waals surface area contributed by atoms with E-state index in [2.05, 4.69) is 0 Å². The van der Waals surface area contributed by atoms with Crippen molar-refractivity contribution in [2.45, 2.75) is 0 Å². The smallest absolute Gasteiger partial charge is 0.394 e. The van der Waals surface area contributed by atoms with Crippen molar-refractivity contribution in [3.05, 3.63) is 0 Å². The fourth-order valence-corrected chi connectivity index (χ4v) is 0. The van der Waals surface area contributed by atoms with Crippen LogP contribution in [0.3, 0.4) is 0 Å². The van der Waals surface area contributed by atoms with Gasteiger partial charge in [-0.25, -0.2) is 0 Å². The molecule has 0 aliphatic rings. The number of hydrogen-bond donors (Lipinski definition) is 5. The van der Waals surface area contributed by atoms with E-state index < -0.39 is 20.8 Å². The first kappa shape index (κ1) is 205. The van der Waals surface area contributed by atoms with Crippen LogP contribution < -0.4 is 6.15 Å². The Balaban J connectivity index is -0.00000000241. The normalized spacial score (nSPS) is 4.83. The van der Waals surface area contributed by atoms with Crippen LogP contribution in [0.1, 0.15) is 0 Å². The molecule has 0 amide bonds. The molecule has 0 rings (SSSR count). The Morgan fingerprint density at radius 3 is 0.375 bits per heavy atom. The van der Waals surface area contributed by atoms with Crippen LogP contribution >= 0.6 is 0 Å². The molecule has 0 fully saturated rings. The largest absolute Gasteiger partial charge is 0.412 e. The summed E-state index contributed by atoms with van der Waals surface area (Å²) in [5.41, 5.74) is 0. The Labute approximate surface area is 145 Å². The molecular weight excluding hydrogens is 454 g/mol. The molecule has 0 saturated carbocycles. The fraction of sp³-hybridized carbons (Fsp3) is 0. The minimum absolute atomic E-state index is 0. The van der Waals surface area contributed by atoms with Crippen molar-refractivity contribution in [2.75, 3.05) is 0 Å². The van der Waals surface area contributed by atoms with E-state index in [1.807, 2.05) is 0 Å². The molecule has 0 spiro atoms. The summed E-state index contributed by atoms with van der Waals surface area (Å²) in [6, 6.07) is 0. The Morgan fingerprint density at radius 2 is 0.375 bits per heavy atom. The van der Waals surface area contributed by atoms with Crippen LogP contribution in [0.4, 0.5) is 0 Å². The molecule has 0 aliphatic heterocycles. The molecule has 0 radical (unpaired) electrons. The maximum Gasteiger partial charge on any atom is 0.394 e. The molecular formula is H31FeNO20S2. The first-order chi connectivity index (χ1) is 4.00. The van der Waals surface area contributed by atoms with Crippen LogP contribution in [0.15, 0.2) is 0 Å². The predicted octanol–water partition coefficient (Wildman–Crippen LogP) is -11.0. The summed E-state index contributed by atoms with van der Waals surface area (Å²) < 4.78 is 63.2. The molecule has 21 nitrogen and oxygen atoms in total. The molecule has 0 atom stereocenters. The van der Waals surface area contributed by atoms with E-state index in [-0.39, 0.29) is 88.9 Å². The van der Waals surface area contributed by atoms with E-state index in [9.17, 15) is 0 Å². The van der Waals surface area contributed by atoms with Crippen molar-refractivity contribution >= 4 is 20.8 Å². The second kappa shape index (κ2) is 78.0. The molecule has 0 aromatic heterocycles. The third kappa shape index (κ3) is 138000. The molecule has 176 valence electrons. The number of hydrogen-bond acceptors (Lipinski definition) is 5. The van der Waals surface area contributed by atoms with Crippen LogP contribution in [-0.4, -0.2) is 101 Å². The van der Waals surface area contributed by atoms with E-state index >= 15 is 0 Å². The predicted molar refractivity (Wildman–Crippen MR) is 76.7 cm³/mol. The van der Waals surface area contributed by atoms with Gasteiger partial charge in [0.2, 0.25) is 0 Å². The van der Waals surface area contributed by atoms with Gasteiger partial charge in [-0.1, -0.05) is 0 Å². The fourth-order valence-electron chi connectivity index (χ4n) is 0. The van der Waals surface area contributed by atoms with Crippen molar-refractivity contribution in [3.8, 4) is 0 Å². The summed E-state index contributed by atoms with van der Waals surface area (Å²) in [6.07, 6.45) is 0. The Bertz CT molecular complexity index is 218. The monoisotopic (exact) mass is 485 g/mol. The van der Waals surface area contributed by atoms with Gasteiger partial charge < -0.3 is 71.9 Å². The van der Waals surface area contributed by atoms with Crippen molar-refractivity contribution in [1.29, 1.82) is 0 Å². The van der Waals surface area contributed by atoms with Crippen LogP contribution in [0.5, 0.6) is 0 Å². The molecule has 0 unspecified atom stereocenters. The third-order valence-corrected chi connectivity index (χ3v) is 0. The maximum atomic E-state index is 8.74.